The second kappa shape index (κ2) is 7.68. The molecule has 0 unspecified atom stereocenters. The molecule has 0 saturated heterocycles. The maximum atomic E-state index is 13.2. The summed E-state index contributed by atoms with van der Waals surface area (Å²) in [5, 5.41) is 11.6. The lowest BCUT2D eigenvalue weighted by atomic mass is 9.94. The predicted molar refractivity (Wildman–Crippen MR) is 110 cm³/mol. The molecule has 0 fully saturated rings. The number of halogens is 1. The standard InChI is InChI=1S/C22H22ClNO4/c1-5-12(2)19-18(26)11-10-17-20(19)21(28-14(4)25)13(3)24(17)22(27)15-6-8-16(23)9-7-15/h6-12,26H,5H2,1-4H3/t12-/m1/s1. The molecule has 0 aliphatic rings. The van der Waals surface area contributed by atoms with Gasteiger partial charge in [-0.05, 0) is 55.7 Å². The van der Waals surface area contributed by atoms with Crippen LogP contribution in [0.2, 0.25) is 5.02 Å². The van der Waals surface area contributed by atoms with E-state index in [1.165, 1.54) is 11.5 Å². The third-order valence-electron chi connectivity index (χ3n) is 4.98. The number of hydrogen-bond donors (Lipinski definition) is 1. The fourth-order valence-electron chi connectivity index (χ4n) is 3.44. The molecule has 3 aromatic rings. The molecule has 6 heteroatoms. The summed E-state index contributed by atoms with van der Waals surface area (Å²) >= 11 is 5.94. The largest absolute Gasteiger partial charge is 0.508 e. The second-order valence-corrected chi connectivity index (χ2v) is 7.29. The topological polar surface area (TPSA) is 68.5 Å². The summed E-state index contributed by atoms with van der Waals surface area (Å²) < 4.78 is 7.01. The van der Waals surface area contributed by atoms with Crippen molar-refractivity contribution in [3.63, 3.8) is 0 Å². The number of carbonyl (C=O) groups excluding carboxylic acids is 2. The maximum Gasteiger partial charge on any atom is 0.308 e. The fourth-order valence-corrected chi connectivity index (χ4v) is 3.57. The normalized spacial score (nSPS) is 12.2. The van der Waals surface area contributed by atoms with E-state index in [0.717, 1.165) is 6.42 Å². The Morgan fingerprint density at radius 2 is 1.82 bits per heavy atom. The van der Waals surface area contributed by atoms with E-state index < -0.39 is 5.97 Å². The number of nitrogens with zero attached hydrogens (tertiary/aromatic N) is 1. The van der Waals surface area contributed by atoms with Gasteiger partial charge < -0.3 is 9.84 Å². The molecule has 0 bridgehead atoms. The van der Waals surface area contributed by atoms with Crippen molar-refractivity contribution in [3.05, 3.63) is 58.2 Å². The zero-order chi connectivity index (χ0) is 20.6. The molecule has 0 saturated carbocycles. The van der Waals surface area contributed by atoms with Crippen molar-refractivity contribution in [1.29, 1.82) is 0 Å². The van der Waals surface area contributed by atoms with E-state index in [0.29, 0.717) is 38.5 Å². The smallest absolute Gasteiger partial charge is 0.308 e. The van der Waals surface area contributed by atoms with Crippen molar-refractivity contribution in [3.8, 4) is 11.5 Å². The molecule has 0 radical (unpaired) electrons. The van der Waals surface area contributed by atoms with Crippen LogP contribution in [-0.2, 0) is 4.79 Å². The summed E-state index contributed by atoms with van der Waals surface area (Å²) in [5.41, 5.74) is 2.21. The number of esters is 1. The van der Waals surface area contributed by atoms with Crippen LogP contribution in [0.1, 0.15) is 54.7 Å². The van der Waals surface area contributed by atoms with Crippen LogP contribution in [-0.4, -0.2) is 21.6 Å². The van der Waals surface area contributed by atoms with E-state index in [1.54, 1.807) is 43.3 Å². The first-order valence-corrected chi connectivity index (χ1v) is 9.49. The summed E-state index contributed by atoms with van der Waals surface area (Å²) in [5.74, 6) is -0.320. The average molecular weight is 400 g/mol. The molecule has 1 N–H and O–H groups in total. The van der Waals surface area contributed by atoms with Crippen molar-refractivity contribution in [2.24, 2.45) is 0 Å². The zero-order valence-electron chi connectivity index (χ0n) is 16.2. The Labute approximate surface area is 168 Å². The van der Waals surface area contributed by atoms with Crippen LogP contribution in [0.3, 0.4) is 0 Å². The number of rotatable bonds is 4. The van der Waals surface area contributed by atoms with Gasteiger partial charge in [0.2, 0.25) is 0 Å². The molecule has 3 rings (SSSR count). The van der Waals surface area contributed by atoms with Crippen LogP contribution in [0.4, 0.5) is 0 Å². The summed E-state index contributed by atoms with van der Waals surface area (Å²) in [4.78, 5) is 25.0. The fraction of sp³-hybridized carbons (Fsp3) is 0.273. The number of ether oxygens (including phenoxy) is 1. The average Bonchev–Trinajstić information content (AvgIpc) is 2.92. The molecular formula is C22H22ClNO4. The Morgan fingerprint density at radius 3 is 2.39 bits per heavy atom. The Hall–Kier alpha value is -2.79. The zero-order valence-corrected chi connectivity index (χ0v) is 17.0. The van der Waals surface area contributed by atoms with Gasteiger partial charge >= 0.3 is 5.97 Å². The number of aromatic nitrogens is 1. The first-order chi connectivity index (χ1) is 13.3. The molecule has 5 nitrogen and oxygen atoms in total. The quantitative estimate of drug-likeness (QED) is 0.593. The van der Waals surface area contributed by atoms with Gasteiger partial charge in [0.1, 0.15) is 5.75 Å². The van der Waals surface area contributed by atoms with Gasteiger partial charge in [-0.3, -0.25) is 14.2 Å². The van der Waals surface area contributed by atoms with Crippen LogP contribution < -0.4 is 4.74 Å². The number of phenols is 1. The highest BCUT2D eigenvalue weighted by molar-refractivity contribution is 6.30. The molecule has 0 amide bonds. The lowest BCUT2D eigenvalue weighted by molar-refractivity contribution is -0.131. The molecule has 1 atom stereocenters. The Kier molecular flexibility index (Phi) is 5.47. The molecular weight excluding hydrogens is 378 g/mol. The third-order valence-corrected chi connectivity index (χ3v) is 5.23. The minimum absolute atomic E-state index is 0.0129. The summed E-state index contributed by atoms with van der Waals surface area (Å²) in [7, 11) is 0. The summed E-state index contributed by atoms with van der Waals surface area (Å²) in [6.45, 7) is 7.04. The first kappa shape index (κ1) is 20.0. The van der Waals surface area contributed by atoms with Gasteiger partial charge in [0.25, 0.3) is 5.91 Å². The lowest BCUT2D eigenvalue weighted by Crippen LogP contribution is -2.13. The minimum Gasteiger partial charge on any atom is -0.508 e. The van der Waals surface area contributed by atoms with Crippen molar-refractivity contribution in [2.75, 3.05) is 0 Å². The Morgan fingerprint density at radius 1 is 1.18 bits per heavy atom. The van der Waals surface area contributed by atoms with Gasteiger partial charge in [0.15, 0.2) is 5.75 Å². The monoisotopic (exact) mass is 399 g/mol. The van der Waals surface area contributed by atoms with E-state index in [9.17, 15) is 14.7 Å². The van der Waals surface area contributed by atoms with Crippen LogP contribution >= 0.6 is 11.6 Å². The van der Waals surface area contributed by atoms with E-state index in [1.807, 2.05) is 13.8 Å². The van der Waals surface area contributed by atoms with Gasteiger partial charge in [-0.15, -0.1) is 0 Å². The summed E-state index contributed by atoms with van der Waals surface area (Å²) in [6, 6.07) is 9.85. The molecule has 146 valence electrons. The van der Waals surface area contributed by atoms with Crippen molar-refractivity contribution >= 4 is 34.4 Å². The SMILES string of the molecule is CC[C@@H](C)c1c(O)ccc2c1c(OC(C)=O)c(C)n2C(=O)c1ccc(Cl)cc1. The van der Waals surface area contributed by atoms with Crippen molar-refractivity contribution in [1.82, 2.24) is 4.57 Å². The molecule has 0 spiro atoms. The number of fused-ring (bicyclic) bond motifs is 1. The number of phenolic OH excluding ortho intramolecular Hbond substituents is 1. The molecule has 2 aromatic carbocycles. The van der Waals surface area contributed by atoms with Gasteiger partial charge in [0.05, 0.1) is 16.6 Å². The van der Waals surface area contributed by atoms with Gasteiger partial charge in [-0.25, -0.2) is 0 Å². The number of hydrogen-bond acceptors (Lipinski definition) is 4. The van der Waals surface area contributed by atoms with E-state index in [-0.39, 0.29) is 17.6 Å². The minimum atomic E-state index is -0.487. The molecule has 0 aliphatic carbocycles. The Bertz CT molecular complexity index is 1070. The number of benzene rings is 2. The highest BCUT2D eigenvalue weighted by Crippen LogP contribution is 2.43. The maximum absolute atomic E-state index is 13.2. The molecule has 1 heterocycles. The highest BCUT2D eigenvalue weighted by atomic mass is 35.5. The number of aromatic hydroxyl groups is 1. The molecule has 0 aliphatic heterocycles. The van der Waals surface area contributed by atoms with E-state index >= 15 is 0 Å². The van der Waals surface area contributed by atoms with Crippen molar-refractivity contribution in [2.45, 2.75) is 40.0 Å². The molecule has 28 heavy (non-hydrogen) atoms. The number of carbonyl (C=O) groups is 2. The Balaban J connectivity index is 2.35. The van der Waals surface area contributed by atoms with Crippen LogP contribution in [0.15, 0.2) is 36.4 Å². The molecule has 1 aromatic heterocycles. The lowest BCUT2D eigenvalue weighted by Gasteiger charge is -2.14. The van der Waals surface area contributed by atoms with Gasteiger partial charge in [0, 0.05) is 23.1 Å². The van der Waals surface area contributed by atoms with Crippen LogP contribution in [0.5, 0.6) is 11.5 Å². The summed E-state index contributed by atoms with van der Waals surface area (Å²) in [6.07, 6.45) is 0.779. The first-order valence-electron chi connectivity index (χ1n) is 9.11. The van der Waals surface area contributed by atoms with Crippen LogP contribution in [0.25, 0.3) is 10.9 Å². The van der Waals surface area contributed by atoms with Crippen molar-refractivity contribution < 1.29 is 19.4 Å². The van der Waals surface area contributed by atoms with E-state index in [2.05, 4.69) is 0 Å². The van der Waals surface area contributed by atoms with Crippen LogP contribution in [0, 0.1) is 6.92 Å². The van der Waals surface area contributed by atoms with E-state index in [4.69, 9.17) is 16.3 Å². The highest BCUT2D eigenvalue weighted by Gasteiger charge is 2.27. The third kappa shape index (κ3) is 3.38. The van der Waals surface area contributed by atoms with Gasteiger partial charge in [-0.1, -0.05) is 25.4 Å². The van der Waals surface area contributed by atoms with Gasteiger partial charge in [-0.2, -0.15) is 0 Å². The predicted octanol–water partition coefficient (Wildman–Crippen LogP) is 5.44. The second-order valence-electron chi connectivity index (χ2n) is 6.86.